The Labute approximate surface area is 73.7 Å². The Hall–Kier alpha value is -0.750. The van der Waals surface area contributed by atoms with Gasteiger partial charge in [0.2, 0.25) is 5.91 Å². The van der Waals surface area contributed by atoms with Crippen molar-refractivity contribution in [1.29, 1.82) is 0 Å². The van der Waals surface area contributed by atoms with Crippen LogP contribution in [0.3, 0.4) is 0 Å². The third-order valence-electron chi connectivity index (χ3n) is 1.55. The number of carboxylic acids is 1. The molecule has 1 heterocycles. The van der Waals surface area contributed by atoms with Crippen LogP contribution in [0.1, 0.15) is 6.42 Å². The second-order valence-corrected chi connectivity index (χ2v) is 3.71. The summed E-state index contributed by atoms with van der Waals surface area (Å²) in [6, 6.07) is -0.568. The number of amides is 1. The van der Waals surface area contributed by atoms with Gasteiger partial charge in [0.15, 0.2) is 5.37 Å². The lowest BCUT2D eigenvalue weighted by molar-refractivity contribution is -0.139. The van der Waals surface area contributed by atoms with Crippen LogP contribution in [0.15, 0.2) is 0 Å². The summed E-state index contributed by atoms with van der Waals surface area (Å²) in [4.78, 5) is 21.5. The van der Waals surface area contributed by atoms with Gasteiger partial charge in [-0.3, -0.25) is 4.79 Å². The predicted octanol–water partition coefficient (Wildman–Crippen LogP) is -1.02. The minimum atomic E-state index is -1.03. The van der Waals surface area contributed by atoms with Crippen LogP contribution >= 0.6 is 11.8 Å². The average molecular weight is 190 g/mol. The smallest absolute Gasteiger partial charge is 0.336 e. The van der Waals surface area contributed by atoms with Crippen molar-refractivity contribution < 1.29 is 14.7 Å². The van der Waals surface area contributed by atoms with Crippen molar-refractivity contribution in [2.24, 2.45) is 5.73 Å². The molecule has 0 aromatic rings. The zero-order valence-electron chi connectivity index (χ0n) is 6.32. The lowest BCUT2D eigenvalue weighted by Gasteiger charge is -2.09. The van der Waals surface area contributed by atoms with Gasteiger partial charge in [0.05, 0.1) is 6.04 Å². The fourth-order valence-corrected chi connectivity index (χ4v) is 1.82. The number of carbonyl (C=O) groups excluding carboxylic acids is 1. The lowest BCUT2D eigenvalue weighted by atomic mass is 10.2. The average Bonchev–Trinajstić information content (AvgIpc) is 2.15. The number of hydrogen-bond acceptors (Lipinski definition) is 4. The van der Waals surface area contributed by atoms with Crippen molar-refractivity contribution in [3.63, 3.8) is 0 Å². The van der Waals surface area contributed by atoms with Gasteiger partial charge in [-0.05, 0) is 12.2 Å². The monoisotopic (exact) mass is 190 g/mol. The van der Waals surface area contributed by atoms with E-state index < -0.39 is 17.4 Å². The number of aliphatic carboxylic acids is 1. The number of thioether (sulfide) groups is 1. The van der Waals surface area contributed by atoms with Crippen LogP contribution in [0, 0.1) is 0 Å². The molecule has 1 amide bonds. The molecule has 1 fully saturated rings. The fourth-order valence-electron chi connectivity index (χ4n) is 0.855. The molecule has 0 spiro atoms. The molecule has 1 aliphatic heterocycles. The molecule has 1 rings (SSSR count). The summed E-state index contributed by atoms with van der Waals surface area (Å²) in [7, 11) is 0. The first-order valence-electron chi connectivity index (χ1n) is 3.51. The highest BCUT2D eigenvalue weighted by Gasteiger charge is 2.26. The molecule has 4 N–H and O–H groups in total. The third-order valence-corrected chi connectivity index (χ3v) is 2.67. The van der Waals surface area contributed by atoms with Crippen molar-refractivity contribution >= 4 is 23.6 Å². The molecule has 68 valence electrons. The molecule has 1 saturated heterocycles. The maximum absolute atomic E-state index is 11.0. The van der Waals surface area contributed by atoms with Crippen LogP contribution in [-0.2, 0) is 9.59 Å². The molecule has 0 aromatic carbocycles. The van der Waals surface area contributed by atoms with Gasteiger partial charge in [0.1, 0.15) is 0 Å². The SMILES string of the molecule is N[C@H]1CCSC(C(=O)O)NC1=O. The molecule has 0 radical (unpaired) electrons. The first-order valence-corrected chi connectivity index (χ1v) is 4.56. The minimum absolute atomic E-state index is 0.382. The standard InChI is InChI=1S/C6H10N2O3S/c7-3-1-2-12-5(6(10)11)8-4(3)9/h3,5H,1-2,7H2,(H,8,9)(H,10,11)/t3-,5?/m0/s1. The number of rotatable bonds is 1. The van der Waals surface area contributed by atoms with Crippen LogP contribution in [0.5, 0.6) is 0 Å². The zero-order valence-corrected chi connectivity index (χ0v) is 7.13. The molecule has 5 nitrogen and oxygen atoms in total. The first kappa shape index (κ1) is 9.34. The highest BCUT2D eigenvalue weighted by Crippen LogP contribution is 2.14. The predicted molar refractivity (Wildman–Crippen MR) is 44.6 cm³/mol. The highest BCUT2D eigenvalue weighted by atomic mass is 32.2. The zero-order chi connectivity index (χ0) is 9.14. The molecule has 2 atom stereocenters. The summed E-state index contributed by atoms with van der Waals surface area (Å²) in [6.45, 7) is 0. The van der Waals surface area contributed by atoms with Gasteiger partial charge >= 0.3 is 5.97 Å². The van der Waals surface area contributed by atoms with Gasteiger partial charge in [-0.25, -0.2) is 4.79 Å². The van der Waals surface area contributed by atoms with Crippen molar-refractivity contribution in [2.75, 3.05) is 5.75 Å². The van der Waals surface area contributed by atoms with E-state index in [0.717, 1.165) is 0 Å². The summed E-state index contributed by atoms with van der Waals surface area (Å²) in [5, 5.41) is 10.1. The van der Waals surface area contributed by atoms with Gasteiger partial charge in [0, 0.05) is 0 Å². The van der Waals surface area contributed by atoms with Crippen molar-refractivity contribution in [2.45, 2.75) is 17.8 Å². The molecule has 1 aliphatic rings. The van der Waals surface area contributed by atoms with E-state index in [2.05, 4.69) is 5.32 Å². The third kappa shape index (κ3) is 2.12. The summed E-state index contributed by atoms with van der Waals surface area (Å²) < 4.78 is 0. The van der Waals surface area contributed by atoms with Gasteiger partial charge in [-0.2, -0.15) is 0 Å². The Morgan fingerprint density at radius 2 is 2.42 bits per heavy atom. The Morgan fingerprint density at radius 1 is 1.75 bits per heavy atom. The lowest BCUT2D eigenvalue weighted by Crippen LogP contribution is -2.44. The summed E-state index contributed by atoms with van der Waals surface area (Å²) in [5.41, 5.74) is 5.42. The number of hydrogen-bond donors (Lipinski definition) is 3. The molecule has 0 aliphatic carbocycles. The van der Waals surface area contributed by atoms with Crippen LogP contribution < -0.4 is 11.1 Å². The highest BCUT2D eigenvalue weighted by molar-refractivity contribution is 8.00. The molecular weight excluding hydrogens is 180 g/mol. The summed E-state index contributed by atoms with van der Waals surface area (Å²) in [5.74, 6) is -0.813. The van der Waals surface area contributed by atoms with E-state index in [1.807, 2.05) is 0 Å². The normalized spacial score (nSPS) is 30.6. The summed E-state index contributed by atoms with van der Waals surface area (Å²) >= 11 is 1.19. The van der Waals surface area contributed by atoms with Gasteiger partial charge in [0.25, 0.3) is 0 Å². The Morgan fingerprint density at radius 3 is 3.00 bits per heavy atom. The van der Waals surface area contributed by atoms with Gasteiger partial charge in [-0.1, -0.05) is 0 Å². The largest absolute Gasteiger partial charge is 0.479 e. The van der Waals surface area contributed by atoms with E-state index in [0.29, 0.717) is 12.2 Å². The van der Waals surface area contributed by atoms with E-state index in [4.69, 9.17) is 10.8 Å². The van der Waals surface area contributed by atoms with Crippen molar-refractivity contribution in [1.82, 2.24) is 5.32 Å². The topological polar surface area (TPSA) is 92.4 Å². The summed E-state index contributed by atoms with van der Waals surface area (Å²) in [6.07, 6.45) is 0.528. The maximum Gasteiger partial charge on any atom is 0.336 e. The fraction of sp³-hybridized carbons (Fsp3) is 0.667. The molecule has 0 saturated carbocycles. The maximum atomic E-state index is 11.0. The van der Waals surface area contributed by atoms with Crippen LogP contribution in [0.25, 0.3) is 0 Å². The van der Waals surface area contributed by atoms with E-state index in [9.17, 15) is 9.59 Å². The second-order valence-electron chi connectivity index (χ2n) is 2.49. The molecular formula is C6H10N2O3S. The molecule has 6 heteroatoms. The van der Waals surface area contributed by atoms with E-state index in [-0.39, 0.29) is 5.91 Å². The number of nitrogens with two attached hydrogens (primary N) is 1. The van der Waals surface area contributed by atoms with Crippen molar-refractivity contribution in [3.05, 3.63) is 0 Å². The Bertz CT molecular complexity index is 209. The first-order chi connectivity index (χ1) is 5.61. The number of carboxylic acid groups (broad SMARTS) is 1. The van der Waals surface area contributed by atoms with E-state index in [1.54, 1.807) is 0 Å². The Kier molecular flexibility index (Phi) is 2.93. The van der Waals surface area contributed by atoms with Gasteiger partial charge < -0.3 is 16.2 Å². The number of carbonyl (C=O) groups is 2. The van der Waals surface area contributed by atoms with Crippen LogP contribution in [0.4, 0.5) is 0 Å². The molecule has 12 heavy (non-hydrogen) atoms. The quantitative estimate of drug-likeness (QED) is 0.492. The number of nitrogens with one attached hydrogen (secondary N) is 1. The molecule has 0 aromatic heterocycles. The van der Waals surface area contributed by atoms with E-state index >= 15 is 0 Å². The Balaban J connectivity index is 2.60. The van der Waals surface area contributed by atoms with Crippen molar-refractivity contribution in [3.8, 4) is 0 Å². The van der Waals surface area contributed by atoms with Crippen LogP contribution in [-0.4, -0.2) is 34.2 Å². The van der Waals surface area contributed by atoms with Crippen LogP contribution in [0.2, 0.25) is 0 Å². The second kappa shape index (κ2) is 3.77. The van der Waals surface area contributed by atoms with Gasteiger partial charge in [-0.15, -0.1) is 11.8 Å². The minimum Gasteiger partial charge on any atom is -0.479 e. The molecule has 0 bridgehead atoms. The molecule has 1 unspecified atom stereocenters. The van der Waals surface area contributed by atoms with E-state index in [1.165, 1.54) is 11.8 Å².